The molecule has 0 bridgehead atoms. The summed E-state index contributed by atoms with van der Waals surface area (Å²) in [7, 11) is 1.39. The molecule has 1 atom stereocenters. The molecule has 33 heavy (non-hydrogen) atoms. The Kier molecular flexibility index (Phi) is 6.29. The lowest BCUT2D eigenvalue weighted by atomic mass is 10.0. The molecule has 0 unspecified atom stereocenters. The fourth-order valence-corrected chi connectivity index (χ4v) is 4.21. The summed E-state index contributed by atoms with van der Waals surface area (Å²) < 4.78 is 0. The second kappa shape index (κ2) is 9.31. The molecular weight excluding hydrogens is 414 g/mol. The van der Waals surface area contributed by atoms with E-state index in [1.165, 1.54) is 18.2 Å². The van der Waals surface area contributed by atoms with Crippen LogP contribution in [0, 0.1) is 18.3 Å². The molecule has 7 nitrogen and oxygen atoms in total. The third-order valence-electron chi connectivity index (χ3n) is 6.08. The van der Waals surface area contributed by atoms with E-state index >= 15 is 0 Å². The molecule has 1 amide bonds. The van der Waals surface area contributed by atoms with Gasteiger partial charge in [-0.15, -0.1) is 0 Å². The van der Waals surface area contributed by atoms with Gasteiger partial charge in [0, 0.05) is 18.3 Å². The van der Waals surface area contributed by atoms with Gasteiger partial charge in [-0.1, -0.05) is 36.4 Å². The molecule has 0 saturated heterocycles. The highest BCUT2D eigenvalue weighted by Gasteiger charge is 2.36. The van der Waals surface area contributed by atoms with Crippen molar-refractivity contribution < 1.29 is 9.63 Å². The number of hydrogen-bond donors (Lipinski definition) is 1. The number of hydrazine groups is 1. The van der Waals surface area contributed by atoms with E-state index in [-0.39, 0.29) is 11.9 Å². The zero-order valence-electron chi connectivity index (χ0n) is 19.3. The first-order valence-electron chi connectivity index (χ1n) is 10.9. The summed E-state index contributed by atoms with van der Waals surface area (Å²) in [6, 6.07) is 18.0. The lowest BCUT2D eigenvalue weighted by Crippen LogP contribution is -2.44. The Hall–Kier alpha value is -3.89. The van der Waals surface area contributed by atoms with Crippen LogP contribution in [0.5, 0.6) is 0 Å². The predicted molar refractivity (Wildman–Crippen MR) is 127 cm³/mol. The number of aliphatic imine (C=N–C) groups is 1. The fourth-order valence-electron chi connectivity index (χ4n) is 4.21. The van der Waals surface area contributed by atoms with Crippen molar-refractivity contribution in [2.24, 2.45) is 4.99 Å². The Morgan fingerprint density at radius 2 is 1.97 bits per heavy atom. The molecule has 168 valence electrons. The van der Waals surface area contributed by atoms with Crippen molar-refractivity contribution in [1.82, 2.24) is 15.5 Å². The first-order valence-corrected chi connectivity index (χ1v) is 10.9. The summed E-state index contributed by atoms with van der Waals surface area (Å²) in [4.78, 5) is 21.9. The van der Waals surface area contributed by atoms with Crippen molar-refractivity contribution in [3.8, 4) is 6.07 Å². The third kappa shape index (κ3) is 4.26. The maximum atomic E-state index is 12.2. The van der Waals surface area contributed by atoms with Crippen LogP contribution in [-0.4, -0.2) is 35.3 Å². The van der Waals surface area contributed by atoms with E-state index in [9.17, 15) is 10.1 Å². The van der Waals surface area contributed by atoms with E-state index < -0.39 is 0 Å². The minimum Gasteiger partial charge on any atom is -0.284 e. The molecule has 7 heteroatoms. The van der Waals surface area contributed by atoms with Crippen LogP contribution in [0.15, 0.2) is 76.6 Å². The lowest BCUT2D eigenvalue weighted by molar-refractivity contribution is 0.0365. The number of fused-ring (bicyclic) bond motifs is 1. The molecule has 0 aromatic heterocycles. The monoisotopic (exact) mass is 441 g/mol. The summed E-state index contributed by atoms with van der Waals surface area (Å²) in [5.41, 5.74) is 8.78. The zero-order valence-corrected chi connectivity index (χ0v) is 19.3. The maximum absolute atomic E-state index is 12.2. The van der Waals surface area contributed by atoms with Crippen molar-refractivity contribution >= 4 is 17.3 Å². The van der Waals surface area contributed by atoms with Gasteiger partial charge in [-0.2, -0.15) is 5.26 Å². The van der Waals surface area contributed by atoms with Gasteiger partial charge in [0.25, 0.3) is 5.91 Å². The van der Waals surface area contributed by atoms with Crippen molar-refractivity contribution in [3.05, 3.63) is 88.3 Å². The van der Waals surface area contributed by atoms with Crippen LogP contribution in [0.25, 0.3) is 0 Å². The molecule has 0 aliphatic carbocycles. The van der Waals surface area contributed by atoms with Gasteiger partial charge in [-0.3, -0.25) is 19.6 Å². The van der Waals surface area contributed by atoms with Crippen LogP contribution >= 0.6 is 0 Å². The van der Waals surface area contributed by atoms with E-state index in [2.05, 4.69) is 47.5 Å². The van der Waals surface area contributed by atoms with E-state index in [0.29, 0.717) is 22.5 Å². The van der Waals surface area contributed by atoms with Crippen LogP contribution in [0.2, 0.25) is 0 Å². The predicted octanol–water partition coefficient (Wildman–Crippen LogP) is 4.74. The van der Waals surface area contributed by atoms with Crippen molar-refractivity contribution in [1.29, 1.82) is 5.26 Å². The van der Waals surface area contributed by atoms with E-state index in [1.54, 1.807) is 12.1 Å². The number of nitriles is 1. The lowest BCUT2D eigenvalue weighted by Gasteiger charge is -2.42. The number of aryl methyl sites for hydroxylation is 1. The molecule has 2 heterocycles. The van der Waals surface area contributed by atoms with Crippen molar-refractivity contribution in [2.75, 3.05) is 13.7 Å². The smallest absolute Gasteiger partial charge is 0.274 e. The van der Waals surface area contributed by atoms with Gasteiger partial charge in [0.2, 0.25) is 0 Å². The third-order valence-corrected chi connectivity index (χ3v) is 6.08. The molecule has 0 saturated carbocycles. The summed E-state index contributed by atoms with van der Waals surface area (Å²) in [5, 5.41) is 14.4. The Labute approximate surface area is 194 Å². The minimum atomic E-state index is -0.348. The average molecular weight is 442 g/mol. The Bertz CT molecular complexity index is 1210. The number of hydroxylamine groups is 1. The number of allylic oxidation sites excluding steroid dienone is 1. The fraction of sp³-hybridized carbons (Fsp3) is 0.269. The summed E-state index contributed by atoms with van der Waals surface area (Å²) >= 11 is 0. The SMILES string of the molecule is CONC(=O)c1ccc(C)c(N=C2C(C#N)=CN([C@@H](C)c3ccccc3)N3CCC(C)=C23)c1. The molecule has 2 aromatic rings. The number of carbonyl (C=O) groups excluding carboxylic acids is 1. The second-order valence-electron chi connectivity index (χ2n) is 8.22. The quantitative estimate of drug-likeness (QED) is 0.678. The number of rotatable bonds is 5. The Morgan fingerprint density at radius 1 is 1.21 bits per heavy atom. The highest BCUT2D eigenvalue weighted by atomic mass is 16.6. The van der Waals surface area contributed by atoms with Crippen molar-refractivity contribution in [3.63, 3.8) is 0 Å². The molecule has 0 spiro atoms. The van der Waals surface area contributed by atoms with Gasteiger partial charge < -0.3 is 0 Å². The number of benzene rings is 2. The normalized spacial score (nSPS) is 17.5. The first-order chi connectivity index (χ1) is 15.9. The number of amides is 1. The largest absolute Gasteiger partial charge is 0.284 e. The zero-order chi connectivity index (χ0) is 23.5. The molecule has 2 aromatic carbocycles. The maximum Gasteiger partial charge on any atom is 0.274 e. The Morgan fingerprint density at radius 3 is 2.67 bits per heavy atom. The van der Waals surface area contributed by atoms with Crippen LogP contribution in [0.3, 0.4) is 0 Å². The summed E-state index contributed by atoms with van der Waals surface area (Å²) in [5.74, 6) is -0.348. The van der Waals surface area contributed by atoms with Crippen LogP contribution in [0.4, 0.5) is 5.69 Å². The standard InChI is InChI=1S/C26H27N5O2/c1-17-10-11-21(26(32)29-33-4)14-23(17)28-24-22(15-27)16-31(30-13-12-18(2)25(24)30)19(3)20-8-6-5-7-9-20/h5-11,14,16,19H,12-13H2,1-4H3,(H,29,32)/t19-/m0/s1. The van der Waals surface area contributed by atoms with Gasteiger partial charge in [0.05, 0.1) is 30.1 Å². The molecule has 0 fully saturated rings. The van der Waals surface area contributed by atoms with Crippen molar-refractivity contribution in [2.45, 2.75) is 33.2 Å². The van der Waals surface area contributed by atoms with Gasteiger partial charge in [-0.05, 0) is 56.0 Å². The van der Waals surface area contributed by atoms with Gasteiger partial charge >= 0.3 is 0 Å². The summed E-state index contributed by atoms with van der Waals surface area (Å²) in [6.45, 7) is 6.98. The second-order valence-corrected chi connectivity index (χ2v) is 8.22. The van der Waals surface area contributed by atoms with Gasteiger partial charge in [0.1, 0.15) is 11.8 Å². The van der Waals surface area contributed by atoms with Crippen LogP contribution in [0.1, 0.15) is 47.8 Å². The molecule has 4 rings (SSSR count). The van der Waals surface area contributed by atoms with Crippen LogP contribution in [-0.2, 0) is 4.84 Å². The molecule has 1 N–H and O–H groups in total. The number of carbonyl (C=O) groups is 1. The van der Waals surface area contributed by atoms with Crippen LogP contribution < -0.4 is 5.48 Å². The topological polar surface area (TPSA) is 81.0 Å². The average Bonchev–Trinajstić information content (AvgIpc) is 3.22. The van der Waals surface area contributed by atoms with E-state index in [1.807, 2.05) is 37.4 Å². The van der Waals surface area contributed by atoms with Gasteiger partial charge in [0.15, 0.2) is 0 Å². The highest BCUT2D eigenvalue weighted by Crippen LogP contribution is 2.38. The number of hydrogen-bond acceptors (Lipinski definition) is 6. The van der Waals surface area contributed by atoms with E-state index in [0.717, 1.165) is 24.2 Å². The van der Waals surface area contributed by atoms with E-state index in [4.69, 9.17) is 9.83 Å². The molecule has 0 radical (unpaired) electrons. The minimum absolute atomic E-state index is 0.0554. The first kappa shape index (κ1) is 22.3. The number of nitrogens with one attached hydrogen (secondary N) is 1. The Balaban J connectivity index is 1.81. The molecule has 2 aliphatic rings. The molecule has 2 aliphatic heterocycles. The van der Waals surface area contributed by atoms with Gasteiger partial charge in [-0.25, -0.2) is 10.5 Å². The highest BCUT2D eigenvalue weighted by molar-refractivity contribution is 6.16. The molecular formula is C26H27N5O2. The number of nitrogens with zero attached hydrogens (tertiary/aromatic N) is 4. The summed E-state index contributed by atoms with van der Waals surface area (Å²) in [6.07, 6.45) is 2.78.